The first kappa shape index (κ1) is 26.9. The normalized spacial score (nSPS) is 17.4. The fraction of sp³-hybridized carbons (Fsp3) is 0.692. The van der Waals surface area contributed by atoms with Crippen molar-refractivity contribution in [2.45, 2.75) is 52.6 Å². The highest BCUT2D eigenvalue weighted by atomic mass is 16.5. The van der Waals surface area contributed by atoms with E-state index in [2.05, 4.69) is 27.0 Å². The number of rotatable bonds is 8. The van der Waals surface area contributed by atoms with E-state index in [4.69, 9.17) is 9.72 Å². The minimum Gasteiger partial charge on any atom is -0.466 e. The number of aryl methyl sites for hydroxylation is 1. The van der Waals surface area contributed by atoms with Gasteiger partial charge in [0.25, 0.3) is 5.56 Å². The molecule has 11 heteroatoms. The minimum absolute atomic E-state index is 0.0331. The number of anilines is 1. The number of nitrogens with zero attached hydrogens (tertiary/aromatic N) is 6. The van der Waals surface area contributed by atoms with E-state index in [1.807, 2.05) is 11.5 Å². The number of nitrogens with one attached hydrogen (secondary N) is 1. The second-order valence-corrected chi connectivity index (χ2v) is 9.71. The van der Waals surface area contributed by atoms with Crippen LogP contribution in [0.4, 0.5) is 5.95 Å². The van der Waals surface area contributed by atoms with Gasteiger partial charge in [0, 0.05) is 33.2 Å². The number of likely N-dealkylation sites (tertiary alicyclic amines) is 1. The van der Waals surface area contributed by atoms with E-state index < -0.39 is 0 Å². The van der Waals surface area contributed by atoms with Crippen LogP contribution in [0.5, 0.6) is 0 Å². The van der Waals surface area contributed by atoms with Gasteiger partial charge in [-0.15, -0.1) is 5.92 Å². The Hall–Kier alpha value is -3.10. The number of ether oxygens (including phenoxy) is 1. The fourth-order valence-corrected chi connectivity index (χ4v) is 5.26. The quantitative estimate of drug-likeness (QED) is 0.399. The van der Waals surface area contributed by atoms with Crippen LogP contribution in [-0.4, -0.2) is 82.0 Å². The largest absolute Gasteiger partial charge is 0.466 e. The number of hydrogen-bond donors (Lipinski definition) is 1. The zero-order chi connectivity index (χ0) is 26.4. The molecule has 0 radical (unpaired) electrons. The molecule has 0 unspecified atom stereocenters. The van der Waals surface area contributed by atoms with Crippen LogP contribution in [0.2, 0.25) is 0 Å². The summed E-state index contributed by atoms with van der Waals surface area (Å²) in [6.07, 6.45) is 3.19. The zero-order valence-electron chi connectivity index (χ0n) is 22.3. The van der Waals surface area contributed by atoms with E-state index >= 15 is 0 Å². The van der Waals surface area contributed by atoms with Crippen LogP contribution in [-0.2, 0) is 29.7 Å². The maximum atomic E-state index is 13.7. The van der Waals surface area contributed by atoms with Gasteiger partial charge < -0.3 is 19.9 Å². The number of fused-ring (bicyclic) bond motifs is 1. The van der Waals surface area contributed by atoms with Gasteiger partial charge in [0.15, 0.2) is 11.2 Å². The van der Waals surface area contributed by atoms with Crippen LogP contribution in [0.3, 0.4) is 0 Å². The Kier molecular flexibility index (Phi) is 9.05. The second-order valence-electron chi connectivity index (χ2n) is 9.71. The molecule has 37 heavy (non-hydrogen) atoms. The van der Waals surface area contributed by atoms with E-state index in [9.17, 15) is 14.4 Å². The van der Waals surface area contributed by atoms with Gasteiger partial charge in [0.1, 0.15) is 0 Å². The number of piperidine rings is 1. The van der Waals surface area contributed by atoms with E-state index in [0.717, 1.165) is 65.1 Å². The summed E-state index contributed by atoms with van der Waals surface area (Å²) >= 11 is 0. The van der Waals surface area contributed by atoms with Gasteiger partial charge in [0.2, 0.25) is 5.95 Å². The average Bonchev–Trinajstić information content (AvgIpc) is 3.07. The highest BCUT2D eigenvalue weighted by Crippen LogP contribution is 2.21. The van der Waals surface area contributed by atoms with Crippen LogP contribution in [0.1, 0.15) is 39.5 Å². The third kappa shape index (κ3) is 5.91. The van der Waals surface area contributed by atoms with Gasteiger partial charge in [-0.05, 0) is 65.7 Å². The molecule has 2 fully saturated rings. The highest BCUT2D eigenvalue weighted by molar-refractivity contribution is 5.75. The van der Waals surface area contributed by atoms with Gasteiger partial charge >= 0.3 is 11.7 Å². The van der Waals surface area contributed by atoms with Gasteiger partial charge in [0.05, 0.1) is 19.1 Å². The van der Waals surface area contributed by atoms with Gasteiger partial charge in [-0.1, -0.05) is 5.92 Å². The Labute approximate surface area is 217 Å². The molecule has 0 amide bonds. The van der Waals surface area contributed by atoms with Gasteiger partial charge in [-0.25, -0.2) is 4.79 Å². The molecular weight excluding hydrogens is 474 g/mol. The molecule has 0 bridgehead atoms. The van der Waals surface area contributed by atoms with E-state index in [-0.39, 0.29) is 23.1 Å². The molecule has 0 aromatic carbocycles. The van der Waals surface area contributed by atoms with Crippen LogP contribution < -0.4 is 21.5 Å². The molecule has 0 spiro atoms. The summed E-state index contributed by atoms with van der Waals surface area (Å²) in [5.74, 6) is 6.55. The number of carbonyl (C=O) groups is 1. The molecule has 2 aliphatic heterocycles. The Bertz CT molecular complexity index is 1270. The van der Waals surface area contributed by atoms with Crippen molar-refractivity contribution in [1.82, 2.24) is 28.9 Å². The molecule has 1 N–H and O–H groups in total. The summed E-state index contributed by atoms with van der Waals surface area (Å²) in [7, 11) is 1.68. The molecule has 2 aromatic rings. The number of imidazole rings is 1. The van der Waals surface area contributed by atoms with Crippen LogP contribution >= 0.6 is 0 Å². The van der Waals surface area contributed by atoms with E-state index in [1.165, 1.54) is 9.13 Å². The Morgan fingerprint density at radius 1 is 1.11 bits per heavy atom. The number of carbonyl (C=O) groups excluding carboxylic acids is 1. The molecule has 0 atom stereocenters. The molecule has 4 heterocycles. The number of esters is 1. The molecule has 2 aromatic heterocycles. The topological polar surface area (TPSA) is 107 Å². The Morgan fingerprint density at radius 2 is 1.89 bits per heavy atom. The highest BCUT2D eigenvalue weighted by Gasteiger charge is 2.26. The molecule has 11 nitrogen and oxygen atoms in total. The molecule has 0 saturated carbocycles. The predicted molar refractivity (Wildman–Crippen MR) is 143 cm³/mol. The summed E-state index contributed by atoms with van der Waals surface area (Å²) in [6.45, 7) is 10.4. The van der Waals surface area contributed by atoms with E-state index in [1.54, 1.807) is 14.0 Å². The minimum atomic E-state index is -0.353. The lowest BCUT2D eigenvalue weighted by Crippen LogP contribution is -2.41. The van der Waals surface area contributed by atoms with E-state index in [0.29, 0.717) is 43.2 Å². The van der Waals surface area contributed by atoms with Crippen molar-refractivity contribution in [2.75, 3.05) is 57.3 Å². The standard InChI is InChI=1S/C26H39N7O4/c1-4-6-15-32-21-22(28-25(32)31-14-7-11-27-12-19-31)29(3)26(36)33(23(21)34)16-8-13-30-17-9-20(10-18-30)24(35)37-5-2/h20,27H,5,7-19H2,1-3H3. The molecule has 2 aliphatic rings. The summed E-state index contributed by atoms with van der Waals surface area (Å²) in [5, 5.41) is 3.39. The lowest BCUT2D eigenvalue weighted by molar-refractivity contribution is -0.149. The smallest absolute Gasteiger partial charge is 0.332 e. The monoisotopic (exact) mass is 513 g/mol. The van der Waals surface area contributed by atoms with Crippen molar-refractivity contribution in [1.29, 1.82) is 0 Å². The van der Waals surface area contributed by atoms with Gasteiger partial charge in [-0.2, -0.15) is 4.98 Å². The first-order chi connectivity index (χ1) is 18.0. The SMILES string of the molecule is CC#CCn1c(N2CCCNCC2)nc2c1c(=O)n(CCCN1CCC(C(=O)OCC)CC1)c(=O)n2C. The van der Waals surface area contributed by atoms with Gasteiger partial charge in [-0.3, -0.25) is 23.3 Å². The van der Waals surface area contributed by atoms with Crippen molar-refractivity contribution >= 4 is 23.1 Å². The maximum Gasteiger partial charge on any atom is 0.332 e. The predicted octanol–water partition coefficient (Wildman–Crippen LogP) is 0.385. The van der Waals surface area contributed by atoms with Crippen molar-refractivity contribution in [3.05, 3.63) is 20.8 Å². The maximum absolute atomic E-state index is 13.7. The second kappa shape index (κ2) is 12.4. The van der Waals surface area contributed by atoms with Crippen molar-refractivity contribution < 1.29 is 9.53 Å². The third-order valence-corrected chi connectivity index (χ3v) is 7.31. The molecule has 4 rings (SSSR count). The zero-order valence-corrected chi connectivity index (χ0v) is 22.3. The summed E-state index contributed by atoms with van der Waals surface area (Å²) < 4.78 is 9.84. The van der Waals surface area contributed by atoms with Crippen molar-refractivity contribution in [3.8, 4) is 11.8 Å². The lowest BCUT2D eigenvalue weighted by atomic mass is 9.97. The van der Waals surface area contributed by atoms with Crippen LogP contribution in [0.15, 0.2) is 9.59 Å². The van der Waals surface area contributed by atoms with Crippen molar-refractivity contribution in [2.24, 2.45) is 13.0 Å². The molecule has 0 aliphatic carbocycles. The number of aromatic nitrogens is 4. The van der Waals surface area contributed by atoms with Crippen molar-refractivity contribution in [3.63, 3.8) is 0 Å². The average molecular weight is 514 g/mol. The lowest BCUT2D eigenvalue weighted by Gasteiger charge is -2.30. The summed E-state index contributed by atoms with van der Waals surface area (Å²) in [6, 6.07) is 0. The first-order valence-corrected chi connectivity index (χ1v) is 13.4. The van der Waals surface area contributed by atoms with Crippen LogP contribution in [0.25, 0.3) is 11.2 Å². The number of hydrogen-bond acceptors (Lipinski definition) is 8. The molecule has 2 saturated heterocycles. The first-order valence-electron chi connectivity index (χ1n) is 13.4. The van der Waals surface area contributed by atoms with Crippen LogP contribution in [0, 0.1) is 17.8 Å². The molecular formula is C26H39N7O4. The Balaban J connectivity index is 1.54. The third-order valence-electron chi connectivity index (χ3n) is 7.31. The molecule has 202 valence electrons. The summed E-state index contributed by atoms with van der Waals surface area (Å²) in [4.78, 5) is 48.1. The Morgan fingerprint density at radius 3 is 2.62 bits per heavy atom. The fourth-order valence-electron chi connectivity index (χ4n) is 5.26. The summed E-state index contributed by atoms with van der Waals surface area (Å²) in [5.41, 5.74) is 0.155.